The summed E-state index contributed by atoms with van der Waals surface area (Å²) in [5.41, 5.74) is 3.07. The molecule has 0 atom stereocenters. The first-order chi connectivity index (χ1) is 14.1. The fourth-order valence-electron chi connectivity index (χ4n) is 3.07. The molecule has 29 heavy (non-hydrogen) atoms. The maximum Gasteiger partial charge on any atom is 0.292 e. The average molecular weight is 394 g/mol. The van der Waals surface area contributed by atoms with Crippen molar-refractivity contribution in [2.45, 2.75) is 19.3 Å². The Morgan fingerprint density at radius 2 is 1.69 bits per heavy atom. The molecule has 3 aromatic rings. The lowest BCUT2D eigenvalue weighted by Gasteiger charge is -2.16. The zero-order chi connectivity index (χ0) is 20.6. The molecular weight excluding hydrogens is 368 g/mol. The molecule has 1 amide bonds. The van der Waals surface area contributed by atoms with E-state index in [1.807, 2.05) is 36.4 Å². The van der Waals surface area contributed by atoms with Crippen molar-refractivity contribution in [3.8, 4) is 11.5 Å². The summed E-state index contributed by atoms with van der Waals surface area (Å²) in [6.07, 6.45) is 2.28. The van der Waals surface area contributed by atoms with E-state index >= 15 is 0 Å². The van der Waals surface area contributed by atoms with E-state index in [-0.39, 0.29) is 11.7 Å². The first-order valence-electron chi connectivity index (χ1n) is 9.56. The van der Waals surface area contributed by atoms with Crippen LogP contribution in [0.5, 0.6) is 11.5 Å². The Morgan fingerprint density at radius 3 is 2.41 bits per heavy atom. The zero-order valence-corrected chi connectivity index (χ0v) is 17.1. The summed E-state index contributed by atoms with van der Waals surface area (Å²) in [4.78, 5) is 14.3. The standard InChI is InChI=1S/C23H26N2O4/c1-25(14-13-18-10-12-20(27-2)21(15-18)28-3)23(26)22-16-19(24-29-22)11-9-17-7-5-4-6-8-17/h4-8,10,12,15-16H,9,11,13-14H2,1-3H3. The van der Waals surface area contributed by atoms with Gasteiger partial charge in [0.1, 0.15) is 0 Å². The van der Waals surface area contributed by atoms with Gasteiger partial charge in [-0.05, 0) is 42.5 Å². The monoisotopic (exact) mass is 394 g/mol. The van der Waals surface area contributed by atoms with Gasteiger partial charge < -0.3 is 18.9 Å². The summed E-state index contributed by atoms with van der Waals surface area (Å²) < 4.78 is 15.9. The maximum atomic E-state index is 12.6. The van der Waals surface area contributed by atoms with E-state index in [9.17, 15) is 4.79 Å². The number of amides is 1. The summed E-state index contributed by atoms with van der Waals surface area (Å²) in [6.45, 7) is 0.550. The van der Waals surface area contributed by atoms with Crippen LogP contribution in [0.1, 0.15) is 27.4 Å². The van der Waals surface area contributed by atoms with Crippen LogP contribution in [0.4, 0.5) is 0 Å². The molecule has 0 saturated carbocycles. The van der Waals surface area contributed by atoms with Crippen LogP contribution < -0.4 is 9.47 Å². The second kappa shape index (κ2) is 9.78. The fraction of sp³-hybridized carbons (Fsp3) is 0.304. The fourth-order valence-corrected chi connectivity index (χ4v) is 3.07. The average Bonchev–Trinajstić information content (AvgIpc) is 3.25. The van der Waals surface area contributed by atoms with Gasteiger partial charge in [-0.3, -0.25) is 4.79 Å². The number of hydrogen-bond acceptors (Lipinski definition) is 5. The van der Waals surface area contributed by atoms with Gasteiger partial charge in [0.15, 0.2) is 11.5 Å². The third-order valence-electron chi connectivity index (χ3n) is 4.81. The molecule has 0 fully saturated rings. The first kappa shape index (κ1) is 20.5. The molecular formula is C23H26N2O4. The Balaban J connectivity index is 1.54. The predicted octanol–water partition coefficient (Wildman–Crippen LogP) is 3.79. The summed E-state index contributed by atoms with van der Waals surface area (Å²) in [5.74, 6) is 1.45. The minimum absolute atomic E-state index is 0.177. The van der Waals surface area contributed by atoms with Crippen LogP contribution in [-0.4, -0.2) is 43.8 Å². The number of likely N-dealkylation sites (N-methyl/N-ethyl adjacent to an activating group) is 1. The van der Waals surface area contributed by atoms with Crippen molar-refractivity contribution >= 4 is 5.91 Å². The molecule has 3 rings (SSSR count). The molecule has 0 aliphatic carbocycles. The molecule has 0 radical (unpaired) electrons. The van der Waals surface area contributed by atoms with Crippen LogP contribution in [0.25, 0.3) is 0 Å². The molecule has 6 nitrogen and oxygen atoms in total. The number of carbonyl (C=O) groups excluding carboxylic acids is 1. The van der Waals surface area contributed by atoms with E-state index in [4.69, 9.17) is 14.0 Å². The lowest BCUT2D eigenvalue weighted by Crippen LogP contribution is -2.28. The molecule has 0 saturated heterocycles. The Morgan fingerprint density at radius 1 is 0.931 bits per heavy atom. The quantitative estimate of drug-likeness (QED) is 0.552. The second-order valence-corrected chi connectivity index (χ2v) is 6.83. The number of benzene rings is 2. The van der Waals surface area contributed by atoms with E-state index in [1.54, 1.807) is 32.2 Å². The SMILES string of the molecule is COc1ccc(CCN(C)C(=O)c2cc(CCc3ccccc3)no2)cc1OC. The molecule has 2 aromatic carbocycles. The van der Waals surface area contributed by atoms with Gasteiger partial charge in [-0.2, -0.15) is 0 Å². The number of hydrogen-bond donors (Lipinski definition) is 0. The highest BCUT2D eigenvalue weighted by molar-refractivity contribution is 5.91. The highest BCUT2D eigenvalue weighted by Gasteiger charge is 2.17. The summed E-state index contributed by atoms with van der Waals surface area (Å²) in [5, 5.41) is 4.04. The summed E-state index contributed by atoms with van der Waals surface area (Å²) in [7, 11) is 4.97. The summed E-state index contributed by atoms with van der Waals surface area (Å²) in [6, 6.07) is 17.7. The van der Waals surface area contributed by atoms with E-state index in [1.165, 1.54) is 5.56 Å². The van der Waals surface area contributed by atoms with Crippen LogP contribution in [0.3, 0.4) is 0 Å². The van der Waals surface area contributed by atoms with Crippen molar-refractivity contribution in [3.63, 3.8) is 0 Å². The van der Waals surface area contributed by atoms with Crippen LogP contribution >= 0.6 is 0 Å². The topological polar surface area (TPSA) is 64.8 Å². The number of methoxy groups -OCH3 is 2. The lowest BCUT2D eigenvalue weighted by atomic mass is 10.1. The number of ether oxygens (including phenoxy) is 2. The Hall–Kier alpha value is -3.28. The highest BCUT2D eigenvalue weighted by Crippen LogP contribution is 2.27. The second-order valence-electron chi connectivity index (χ2n) is 6.83. The predicted molar refractivity (Wildman–Crippen MR) is 111 cm³/mol. The highest BCUT2D eigenvalue weighted by atomic mass is 16.5. The summed E-state index contributed by atoms with van der Waals surface area (Å²) >= 11 is 0. The zero-order valence-electron chi connectivity index (χ0n) is 17.1. The maximum absolute atomic E-state index is 12.6. The molecule has 0 aliphatic rings. The van der Waals surface area contributed by atoms with Gasteiger partial charge in [0, 0.05) is 19.7 Å². The van der Waals surface area contributed by atoms with Crippen molar-refractivity contribution in [2.75, 3.05) is 27.8 Å². The Labute approximate surface area is 171 Å². The van der Waals surface area contributed by atoms with Gasteiger partial charge in [-0.1, -0.05) is 41.6 Å². The Kier molecular flexibility index (Phi) is 6.89. The van der Waals surface area contributed by atoms with Crippen molar-refractivity contribution in [1.82, 2.24) is 10.1 Å². The van der Waals surface area contributed by atoms with Gasteiger partial charge in [0.2, 0.25) is 5.76 Å². The van der Waals surface area contributed by atoms with E-state index in [0.29, 0.717) is 24.5 Å². The molecule has 6 heteroatoms. The molecule has 1 aromatic heterocycles. The smallest absolute Gasteiger partial charge is 0.292 e. The lowest BCUT2D eigenvalue weighted by molar-refractivity contribution is 0.0755. The van der Waals surface area contributed by atoms with Crippen LogP contribution in [0, 0.1) is 0 Å². The minimum atomic E-state index is -0.177. The largest absolute Gasteiger partial charge is 0.493 e. The van der Waals surface area contributed by atoms with Gasteiger partial charge in [-0.25, -0.2) is 0 Å². The van der Waals surface area contributed by atoms with Crippen molar-refractivity contribution in [1.29, 1.82) is 0 Å². The number of nitrogens with zero attached hydrogens (tertiary/aromatic N) is 2. The van der Waals surface area contributed by atoms with Gasteiger partial charge in [-0.15, -0.1) is 0 Å². The minimum Gasteiger partial charge on any atom is -0.493 e. The van der Waals surface area contributed by atoms with Gasteiger partial charge in [0.05, 0.1) is 19.9 Å². The number of aryl methyl sites for hydroxylation is 2. The van der Waals surface area contributed by atoms with E-state index < -0.39 is 0 Å². The number of aromatic nitrogens is 1. The molecule has 0 N–H and O–H groups in total. The van der Waals surface area contributed by atoms with Crippen LogP contribution in [0.15, 0.2) is 59.1 Å². The molecule has 0 bridgehead atoms. The van der Waals surface area contributed by atoms with E-state index in [2.05, 4.69) is 17.3 Å². The van der Waals surface area contributed by atoms with Crippen LogP contribution in [-0.2, 0) is 19.3 Å². The van der Waals surface area contributed by atoms with Gasteiger partial charge >= 0.3 is 0 Å². The van der Waals surface area contributed by atoms with Crippen molar-refractivity contribution in [2.24, 2.45) is 0 Å². The van der Waals surface area contributed by atoms with Gasteiger partial charge in [0.25, 0.3) is 5.91 Å². The number of rotatable bonds is 9. The van der Waals surface area contributed by atoms with Crippen molar-refractivity contribution < 1.29 is 18.8 Å². The third kappa shape index (κ3) is 5.38. The Bertz CT molecular complexity index is 937. The molecule has 1 heterocycles. The third-order valence-corrected chi connectivity index (χ3v) is 4.81. The number of carbonyl (C=O) groups is 1. The molecule has 0 spiro atoms. The van der Waals surface area contributed by atoms with Crippen molar-refractivity contribution in [3.05, 3.63) is 77.2 Å². The normalized spacial score (nSPS) is 10.6. The molecule has 152 valence electrons. The van der Waals surface area contributed by atoms with E-state index in [0.717, 1.165) is 24.1 Å². The molecule has 0 aliphatic heterocycles. The first-order valence-corrected chi connectivity index (χ1v) is 9.56. The van der Waals surface area contributed by atoms with Crippen LogP contribution in [0.2, 0.25) is 0 Å². The molecule has 0 unspecified atom stereocenters.